The summed E-state index contributed by atoms with van der Waals surface area (Å²) in [4.78, 5) is 57.7. The number of carbonyl (C=O) groups excluding carboxylic acids is 2. The molecule has 276 valence electrons. The molecule has 0 radical (unpaired) electrons. The molecule has 0 fully saturated rings. The zero-order chi connectivity index (χ0) is 38.3. The number of rotatable bonds is 12. The topological polar surface area (TPSA) is 197 Å². The van der Waals surface area contributed by atoms with Crippen LogP contribution in [0.15, 0.2) is 112 Å². The van der Waals surface area contributed by atoms with Crippen molar-refractivity contribution in [2.24, 2.45) is 0 Å². The molecule has 14 nitrogen and oxygen atoms in total. The van der Waals surface area contributed by atoms with Gasteiger partial charge in [-0.1, -0.05) is 42.5 Å². The number of carbonyl (C=O) groups is 3. The highest BCUT2D eigenvalue weighted by molar-refractivity contribution is 7.91. The van der Waals surface area contributed by atoms with E-state index in [-0.39, 0.29) is 39.8 Å². The lowest BCUT2D eigenvalue weighted by Gasteiger charge is -2.25. The molecule has 0 saturated carbocycles. The third-order valence-electron chi connectivity index (χ3n) is 7.90. The van der Waals surface area contributed by atoms with E-state index >= 15 is 0 Å². The Balaban J connectivity index is 1.23. The van der Waals surface area contributed by atoms with E-state index in [2.05, 4.69) is 20.6 Å². The molecule has 1 heterocycles. The van der Waals surface area contributed by atoms with Crippen molar-refractivity contribution < 1.29 is 37.4 Å². The van der Waals surface area contributed by atoms with Gasteiger partial charge in [-0.2, -0.15) is 0 Å². The molecule has 0 spiro atoms. The lowest BCUT2D eigenvalue weighted by atomic mass is 10.0. The van der Waals surface area contributed by atoms with E-state index in [9.17, 15) is 32.7 Å². The summed E-state index contributed by atoms with van der Waals surface area (Å²) in [7, 11) is -2.49. The zero-order valence-corrected chi connectivity index (χ0v) is 30.3. The number of carboxylic acids is 1. The van der Waals surface area contributed by atoms with Crippen LogP contribution in [0.2, 0.25) is 0 Å². The van der Waals surface area contributed by atoms with E-state index in [4.69, 9.17) is 9.47 Å². The number of anilines is 2. The molecule has 0 saturated heterocycles. The molecule has 15 heteroatoms. The summed E-state index contributed by atoms with van der Waals surface area (Å²) in [6.07, 6.45) is 0.179. The third kappa shape index (κ3) is 9.77. The molecule has 0 bridgehead atoms. The fraction of sp³-hybridized carbons (Fsp3) is 0.237. The number of carboxylic acid groups (broad SMARTS) is 1. The molecular formula is C38H39N5O9S. The smallest absolute Gasteiger partial charge is 0.411 e. The molecule has 5 aromatic rings. The van der Waals surface area contributed by atoms with Crippen molar-refractivity contribution in [2.75, 3.05) is 24.3 Å². The predicted molar refractivity (Wildman–Crippen MR) is 198 cm³/mol. The SMILES string of the molecule is CN(Cc1cc(NC(=O)OCCc2ccc(C(Nc3ccc4nc[nH]c(=O)c4c3)C(=O)O)cc2)ccc1S(=O)(=O)c1ccccc1)C(=O)OC(C)(C)C. The lowest BCUT2D eigenvalue weighted by Crippen LogP contribution is -2.34. The Hall–Kier alpha value is -6.22. The number of fused-ring (bicyclic) bond motifs is 1. The van der Waals surface area contributed by atoms with Crippen molar-refractivity contribution in [3.05, 3.63) is 124 Å². The number of ether oxygens (including phenoxy) is 2. The van der Waals surface area contributed by atoms with Crippen LogP contribution >= 0.6 is 0 Å². The van der Waals surface area contributed by atoms with Gasteiger partial charge in [-0.05, 0) is 86.0 Å². The number of hydrogen-bond donors (Lipinski definition) is 4. The minimum absolute atomic E-state index is 0.0137. The van der Waals surface area contributed by atoms with Crippen molar-refractivity contribution in [3.63, 3.8) is 0 Å². The second-order valence-corrected chi connectivity index (χ2v) is 15.0. The molecule has 0 aliphatic rings. The van der Waals surface area contributed by atoms with Crippen LogP contribution in [0.1, 0.15) is 43.5 Å². The number of nitrogens with one attached hydrogen (secondary N) is 3. The predicted octanol–water partition coefficient (Wildman–Crippen LogP) is 6.15. The maximum atomic E-state index is 13.6. The second kappa shape index (κ2) is 16.0. The van der Waals surface area contributed by atoms with Gasteiger partial charge in [0.05, 0.1) is 40.2 Å². The van der Waals surface area contributed by atoms with E-state index in [1.54, 1.807) is 75.4 Å². The first kappa shape index (κ1) is 38.0. The number of aromatic amines is 1. The molecule has 2 amide bonds. The normalized spacial score (nSPS) is 12.1. The van der Waals surface area contributed by atoms with Crippen LogP contribution in [0.5, 0.6) is 0 Å². The van der Waals surface area contributed by atoms with Gasteiger partial charge in [0.25, 0.3) is 5.56 Å². The third-order valence-corrected chi connectivity index (χ3v) is 9.77. The highest BCUT2D eigenvalue weighted by Crippen LogP contribution is 2.28. The summed E-state index contributed by atoms with van der Waals surface area (Å²) >= 11 is 0. The van der Waals surface area contributed by atoms with Gasteiger partial charge < -0.3 is 29.8 Å². The standard InChI is InChI=1S/C38H39N5O9S/c1-38(2,3)52-37(48)43(4)22-26-20-27(15-17-32(26)53(49,50)29-8-6-5-7-9-29)42-36(47)51-19-18-24-10-12-25(13-11-24)33(35(45)46)41-28-14-16-31-30(21-28)34(44)40-23-39-31/h5-17,20-21,23,33,41H,18-19,22H2,1-4H3,(H,42,47)(H,45,46)(H,39,40,44). The molecule has 1 unspecified atom stereocenters. The minimum atomic E-state index is -3.98. The van der Waals surface area contributed by atoms with Gasteiger partial charge in [-0.3, -0.25) is 10.1 Å². The van der Waals surface area contributed by atoms with Crippen LogP contribution in [0.25, 0.3) is 10.9 Å². The van der Waals surface area contributed by atoms with Crippen LogP contribution in [-0.2, 0) is 37.1 Å². The first-order valence-electron chi connectivity index (χ1n) is 16.5. The molecule has 0 aliphatic carbocycles. The van der Waals surface area contributed by atoms with Crippen molar-refractivity contribution in [3.8, 4) is 0 Å². The number of sulfone groups is 1. The molecule has 4 N–H and O–H groups in total. The van der Waals surface area contributed by atoms with Crippen LogP contribution in [0.3, 0.4) is 0 Å². The van der Waals surface area contributed by atoms with Gasteiger partial charge in [0, 0.05) is 24.8 Å². The Bertz CT molecular complexity index is 2290. The second-order valence-electron chi connectivity index (χ2n) is 13.1. The molecular weight excluding hydrogens is 703 g/mol. The number of H-pyrrole nitrogens is 1. The summed E-state index contributed by atoms with van der Waals surface area (Å²) in [6, 6.07) is 22.6. The first-order chi connectivity index (χ1) is 25.1. The van der Waals surface area contributed by atoms with Crippen LogP contribution in [0.4, 0.5) is 21.0 Å². The number of nitrogens with zero attached hydrogens (tertiary/aromatic N) is 2. The summed E-state index contributed by atoms with van der Waals surface area (Å²) < 4.78 is 38.0. The Morgan fingerprint density at radius 2 is 1.64 bits per heavy atom. The van der Waals surface area contributed by atoms with E-state index in [1.807, 2.05) is 0 Å². The van der Waals surface area contributed by atoms with E-state index < -0.39 is 39.6 Å². The lowest BCUT2D eigenvalue weighted by molar-refractivity contribution is -0.138. The van der Waals surface area contributed by atoms with Crippen LogP contribution in [0, 0.1) is 0 Å². The fourth-order valence-electron chi connectivity index (χ4n) is 5.33. The van der Waals surface area contributed by atoms with Gasteiger partial charge in [-0.25, -0.2) is 27.8 Å². The maximum Gasteiger partial charge on any atom is 0.411 e. The van der Waals surface area contributed by atoms with Gasteiger partial charge in [-0.15, -0.1) is 0 Å². The molecule has 53 heavy (non-hydrogen) atoms. The van der Waals surface area contributed by atoms with Crippen molar-refractivity contribution in [1.82, 2.24) is 14.9 Å². The average Bonchev–Trinajstić information content (AvgIpc) is 3.11. The minimum Gasteiger partial charge on any atom is -0.479 e. The average molecular weight is 742 g/mol. The van der Waals surface area contributed by atoms with Gasteiger partial charge in [0.15, 0.2) is 6.04 Å². The number of benzene rings is 4. The number of aliphatic carboxylic acids is 1. The summed E-state index contributed by atoms with van der Waals surface area (Å²) in [5.74, 6) is -1.12. The summed E-state index contributed by atoms with van der Waals surface area (Å²) in [5, 5.41) is 15.8. The summed E-state index contributed by atoms with van der Waals surface area (Å²) in [6.45, 7) is 5.02. The Labute approximate surface area is 305 Å². The van der Waals surface area contributed by atoms with Gasteiger partial charge in [0.1, 0.15) is 5.60 Å². The van der Waals surface area contributed by atoms with Crippen molar-refractivity contribution in [2.45, 2.75) is 55.2 Å². The Kier molecular flexibility index (Phi) is 11.5. The van der Waals surface area contributed by atoms with Crippen molar-refractivity contribution in [1.29, 1.82) is 0 Å². The fourth-order valence-corrected chi connectivity index (χ4v) is 6.82. The number of hydrogen-bond acceptors (Lipinski definition) is 10. The molecule has 4 aromatic carbocycles. The van der Waals surface area contributed by atoms with E-state index in [0.717, 1.165) is 5.56 Å². The van der Waals surface area contributed by atoms with E-state index in [0.29, 0.717) is 28.6 Å². The summed E-state index contributed by atoms with van der Waals surface area (Å²) in [5.41, 5.74) is 1.54. The molecule has 1 atom stereocenters. The number of aromatic nitrogens is 2. The van der Waals surface area contributed by atoms with Gasteiger partial charge >= 0.3 is 18.2 Å². The van der Waals surface area contributed by atoms with Crippen LogP contribution < -0.4 is 16.2 Å². The first-order valence-corrected chi connectivity index (χ1v) is 18.0. The highest BCUT2D eigenvalue weighted by atomic mass is 32.2. The largest absolute Gasteiger partial charge is 0.479 e. The zero-order valence-electron chi connectivity index (χ0n) is 29.5. The molecule has 1 aromatic heterocycles. The molecule has 5 rings (SSSR count). The molecule has 0 aliphatic heterocycles. The quantitative estimate of drug-likeness (QED) is 0.114. The Morgan fingerprint density at radius 1 is 0.943 bits per heavy atom. The van der Waals surface area contributed by atoms with Gasteiger partial charge in [0.2, 0.25) is 9.84 Å². The van der Waals surface area contributed by atoms with Crippen molar-refractivity contribution >= 4 is 50.3 Å². The Morgan fingerprint density at radius 3 is 2.32 bits per heavy atom. The van der Waals surface area contributed by atoms with Crippen LogP contribution in [-0.4, -0.2) is 65.8 Å². The highest BCUT2D eigenvalue weighted by Gasteiger charge is 2.26. The number of amides is 2. The van der Waals surface area contributed by atoms with E-state index in [1.165, 1.54) is 54.7 Å². The monoisotopic (exact) mass is 741 g/mol. The maximum absolute atomic E-state index is 13.6.